The molecule has 1 N–H and O–H groups in total. The highest BCUT2D eigenvalue weighted by Gasteiger charge is 2.28. The minimum atomic E-state index is -0.867. The number of amides is 1. The normalized spacial score (nSPS) is 14.8. The molecule has 0 radical (unpaired) electrons. The van der Waals surface area contributed by atoms with Crippen molar-refractivity contribution in [3.8, 4) is 0 Å². The molecular formula is C17H22FN3O4. The molecule has 0 spiro atoms. The minimum Gasteiger partial charge on any atom is -0.444 e. The second-order valence-corrected chi connectivity index (χ2v) is 6.74. The van der Waals surface area contributed by atoms with Crippen molar-refractivity contribution >= 4 is 23.0 Å². The summed E-state index contributed by atoms with van der Waals surface area (Å²) in [5, 5.41) is 13.8. The standard InChI is InChI=1S/C17H22FN3O4/c1-17(2,3)25-16(22)20-9-7-11(8-10-20)12-5-6-13(19-4)15(14(12)18)21(23)24/h5-7,19H,8-10H2,1-4H3. The Balaban J connectivity index is 2.23. The Morgan fingerprint density at radius 2 is 2.08 bits per heavy atom. The zero-order valence-electron chi connectivity index (χ0n) is 14.8. The number of hydrogen-bond acceptors (Lipinski definition) is 5. The quantitative estimate of drug-likeness (QED) is 0.661. The summed E-state index contributed by atoms with van der Waals surface area (Å²) in [6.45, 7) is 5.99. The second-order valence-electron chi connectivity index (χ2n) is 6.74. The van der Waals surface area contributed by atoms with Crippen molar-refractivity contribution in [1.82, 2.24) is 4.90 Å². The van der Waals surface area contributed by atoms with E-state index >= 15 is 0 Å². The first kappa shape index (κ1) is 18.7. The molecule has 2 rings (SSSR count). The van der Waals surface area contributed by atoms with Crippen LogP contribution >= 0.6 is 0 Å². The van der Waals surface area contributed by atoms with Crippen LogP contribution in [0.3, 0.4) is 0 Å². The van der Waals surface area contributed by atoms with Crippen LogP contribution in [0, 0.1) is 15.9 Å². The maximum Gasteiger partial charge on any atom is 0.410 e. The summed E-state index contributed by atoms with van der Waals surface area (Å²) in [5.74, 6) is -0.867. The number of nitrogens with one attached hydrogen (secondary N) is 1. The van der Waals surface area contributed by atoms with Gasteiger partial charge in [-0.3, -0.25) is 10.1 Å². The molecule has 1 aromatic carbocycles. The van der Waals surface area contributed by atoms with Gasteiger partial charge in [-0.1, -0.05) is 6.08 Å². The Morgan fingerprint density at radius 3 is 2.56 bits per heavy atom. The maximum atomic E-state index is 14.6. The van der Waals surface area contributed by atoms with Crippen molar-refractivity contribution < 1.29 is 18.8 Å². The van der Waals surface area contributed by atoms with Crippen molar-refractivity contribution in [3.05, 3.63) is 39.7 Å². The summed E-state index contributed by atoms with van der Waals surface area (Å²) < 4.78 is 19.9. The van der Waals surface area contributed by atoms with Gasteiger partial charge in [0.2, 0.25) is 5.82 Å². The fourth-order valence-electron chi connectivity index (χ4n) is 2.60. The summed E-state index contributed by atoms with van der Waals surface area (Å²) in [4.78, 5) is 24.0. The molecular weight excluding hydrogens is 329 g/mol. The zero-order valence-corrected chi connectivity index (χ0v) is 14.8. The van der Waals surface area contributed by atoms with Gasteiger partial charge in [-0.15, -0.1) is 0 Å². The van der Waals surface area contributed by atoms with Gasteiger partial charge in [0.05, 0.1) is 4.92 Å². The lowest BCUT2D eigenvalue weighted by molar-refractivity contribution is -0.386. The Bertz CT molecular complexity index is 725. The molecule has 0 aromatic heterocycles. The first-order valence-electron chi connectivity index (χ1n) is 7.96. The molecule has 1 heterocycles. The van der Waals surface area contributed by atoms with Crippen LogP contribution < -0.4 is 5.32 Å². The highest BCUT2D eigenvalue weighted by molar-refractivity contribution is 5.76. The van der Waals surface area contributed by atoms with E-state index in [1.54, 1.807) is 26.8 Å². The highest BCUT2D eigenvalue weighted by Crippen LogP contribution is 2.34. The van der Waals surface area contributed by atoms with Gasteiger partial charge in [-0.2, -0.15) is 4.39 Å². The summed E-state index contributed by atoms with van der Waals surface area (Å²) in [6.07, 6.45) is 1.67. The largest absolute Gasteiger partial charge is 0.444 e. The van der Waals surface area contributed by atoms with Crippen LogP contribution in [-0.2, 0) is 4.74 Å². The first-order valence-corrected chi connectivity index (χ1v) is 7.96. The van der Waals surface area contributed by atoms with Crippen molar-refractivity contribution in [2.45, 2.75) is 32.8 Å². The summed E-state index contributed by atoms with van der Waals surface area (Å²) in [6, 6.07) is 3.00. The van der Waals surface area contributed by atoms with E-state index in [9.17, 15) is 19.3 Å². The SMILES string of the molecule is CNc1ccc(C2=CCN(C(=O)OC(C)(C)C)CC2)c(F)c1[N+](=O)[O-]. The topological polar surface area (TPSA) is 84.7 Å². The van der Waals surface area contributed by atoms with Gasteiger partial charge in [0, 0.05) is 25.7 Å². The molecule has 0 aliphatic carbocycles. The van der Waals surface area contributed by atoms with Crippen LogP contribution in [0.15, 0.2) is 18.2 Å². The van der Waals surface area contributed by atoms with Gasteiger partial charge in [0.25, 0.3) is 0 Å². The van der Waals surface area contributed by atoms with Gasteiger partial charge >= 0.3 is 11.8 Å². The third-order valence-corrected chi connectivity index (χ3v) is 3.77. The Kier molecular flexibility index (Phi) is 5.30. The zero-order chi connectivity index (χ0) is 18.8. The van der Waals surface area contributed by atoms with Gasteiger partial charge in [0.1, 0.15) is 11.3 Å². The molecule has 136 valence electrons. The molecule has 25 heavy (non-hydrogen) atoms. The molecule has 8 heteroatoms. The number of nitro groups is 1. The Labute approximate surface area is 145 Å². The maximum absolute atomic E-state index is 14.6. The first-order chi connectivity index (χ1) is 11.6. The van der Waals surface area contributed by atoms with Crippen molar-refractivity contribution in [2.24, 2.45) is 0 Å². The molecule has 1 aliphatic rings. The van der Waals surface area contributed by atoms with Crippen molar-refractivity contribution in [2.75, 3.05) is 25.5 Å². The third kappa shape index (κ3) is 4.26. The summed E-state index contributed by atoms with van der Waals surface area (Å²) in [7, 11) is 1.50. The monoisotopic (exact) mass is 351 g/mol. The number of hydrogen-bond donors (Lipinski definition) is 1. The van der Waals surface area contributed by atoms with E-state index < -0.39 is 28.1 Å². The lowest BCUT2D eigenvalue weighted by Gasteiger charge is -2.29. The van der Waals surface area contributed by atoms with E-state index in [2.05, 4.69) is 5.32 Å². The van der Waals surface area contributed by atoms with Crippen LogP contribution in [0.2, 0.25) is 0 Å². The molecule has 0 saturated carbocycles. The molecule has 1 amide bonds. The lowest BCUT2D eigenvalue weighted by Crippen LogP contribution is -2.39. The number of nitro benzene ring substituents is 1. The van der Waals surface area contributed by atoms with Crippen LogP contribution in [0.25, 0.3) is 5.57 Å². The Hall–Kier alpha value is -2.64. The highest BCUT2D eigenvalue weighted by atomic mass is 19.1. The van der Waals surface area contributed by atoms with Crippen LogP contribution in [0.1, 0.15) is 32.8 Å². The molecule has 0 unspecified atom stereocenters. The van der Waals surface area contributed by atoms with E-state index in [0.717, 1.165) is 0 Å². The van der Waals surface area contributed by atoms with Crippen molar-refractivity contribution in [1.29, 1.82) is 0 Å². The fourth-order valence-corrected chi connectivity index (χ4v) is 2.60. The number of benzene rings is 1. The third-order valence-electron chi connectivity index (χ3n) is 3.77. The summed E-state index contributed by atoms with van der Waals surface area (Å²) >= 11 is 0. The van der Waals surface area contributed by atoms with Gasteiger partial charge in [0.15, 0.2) is 0 Å². The number of carbonyl (C=O) groups is 1. The van der Waals surface area contributed by atoms with E-state index in [1.165, 1.54) is 24.1 Å². The molecule has 0 fully saturated rings. The molecule has 7 nitrogen and oxygen atoms in total. The fraction of sp³-hybridized carbons (Fsp3) is 0.471. The average Bonchev–Trinajstić information content (AvgIpc) is 2.52. The molecule has 1 aliphatic heterocycles. The minimum absolute atomic E-state index is 0.123. The van der Waals surface area contributed by atoms with E-state index in [-0.39, 0.29) is 17.8 Å². The van der Waals surface area contributed by atoms with E-state index in [4.69, 9.17) is 4.74 Å². The number of ether oxygens (including phenoxy) is 1. The van der Waals surface area contributed by atoms with Gasteiger partial charge in [-0.05, 0) is 44.9 Å². The smallest absolute Gasteiger partial charge is 0.410 e. The van der Waals surface area contributed by atoms with Gasteiger partial charge in [-0.25, -0.2) is 4.79 Å². The predicted octanol–water partition coefficient (Wildman–Crippen LogP) is 3.80. The second kappa shape index (κ2) is 7.08. The Morgan fingerprint density at radius 1 is 1.40 bits per heavy atom. The number of halogens is 1. The molecule has 0 bridgehead atoms. The lowest BCUT2D eigenvalue weighted by atomic mass is 9.98. The number of anilines is 1. The number of rotatable bonds is 3. The molecule has 0 atom stereocenters. The number of carbonyl (C=O) groups excluding carboxylic acids is 1. The molecule has 0 saturated heterocycles. The van der Waals surface area contributed by atoms with Crippen LogP contribution in [0.5, 0.6) is 0 Å². The number of nitrogens with zero attached hydrogens (tertiary/aromatic N) is 2. The van der Waals surface area contributed by atoms with Crippen LogP contribution in [0.4, 0.5) is 20.6 Å². The molecule has 1 aromatic rings. The van der Waals surface area contributed by atoms with Crippen molar-refractivity contribution in [3.63, 3.8) is 0 Å². The average molecular weight is 351 g/mol. The summed E-state index contributed by atoms with van der Waals surface area (Å²) in [5.41, 5.74) is -0.206. The van der Waals surface area contributed by atoms with E-state index in [1.807, 2.05) is 0 Å². The van der Waals surface area contributed by atoms with E-state index in [0.29, 0.717) is 18.5 Å². The van der Waals surface area contributed by atoms with Gasteiger partial charge < -0.3 is 15.0 Å². The van der Waals surface area contributed by atoms with Crippen LogP contribution in [-0.4, -0.2) is 41.7 Å². The predicted molar refractivity (Wildman–Crippen MR) is 93.0 cm³/mol.